The summed E-state index contributed by atoms with van der Waals surface area (Å²) >= 11 is 6.01. The summed E-state index contributed by atoms with van der Waals surface area (Å²) in [5, 5.41) is 12.5. The van der Waals surface area contributed by atoms with E-state index in [0.717, 1.165) is 37.3 Å². The lowest BCUT2D eigenvalue weighted by atomic mass is 9.89. The summed E-state index contributed by atoms with van der Waals surface area (Å²) in [6.07, 6.45) is 3.73. The van der Waals surface area contributed by atoms with Crippen LogP contribution in [0.5, 0.6) is 0 Å². The predicted octanol–water partition coefficient (Wildman–Crippen LogP) is 2.15. The summed E-state index contributed by atoms with van der Waals surface area (Å²) in [4.78, 5) is 0. The summed E-state index contributed by atoms with van der Waals surface area (Å²) in [5.41, 5.74) is 1.44. The van der Waals surface area contributed by atoms with Gasteiger partial charge in [0, 0.05) is 12.1 Å². The first kappa shape index (κ1) is 13.5. The van der Waals surface area contributed by atoms with Gasteiger partial charge in [-0.05, 0) is 44.1 Å². The standard InChI is InChI=1S/C14H17ClN4O/c1-20-14(5-7-16-8-6-14)13-10-19(18-17-13)12-4-2-3-11(15)9-12/h2-4,9-10,16H,5-8H2,1H3. The van der Waals surface area contributed by atoms with Gasteiger partial charge in [0.25, 0.3) is 0 Å². The largest absolute Gasteiger partial charge is 0.372 e. The molecular formula is C14H17ClN4O. The molecule has 0 amide bonds. The van der Waals surface area contributed by atoms with Gasteiger partial charge >= 0.3 is 0 Å². The number of hydrogen-bond acceptors (Lipinski definition) is 4. The monoisotopic (exact) mass is 292 g/mol. The van der Waals surface area contributed by atoms with Crippen molar-refractivity contribution in [1.29, 1.82) is 0 Å². The number of halogens is 1. The molecule has 106 valence electrons. The zero-order valence-electron chi connectivity index (χ0n) is 11.3. The first-order chi connectivity index (χ1) is 9.73. The Kier molecular flexibility index (Phi) is 3.74. The van der Waals surface area contributed by atoms with Gasteiger partial charge in [-0.2, -0.15) is 0 Å². The Balaban J connectivity index is 1.93. The maximum Gasteiger partial charge on any atom is 0.115 e. The molecule has 0 spiro atoms. The molecule has 1 fully saturated rings. The summed E-state index contributed by atoms with van der Waals surface area (Å²) in [5.74, 6) is 0. The molecule has 0 aliphatic carbocycles. The third-order valence-corrected chi connectivity index (χ3v) is 4.07. The number of rotatable bonds is 3. The van der Waals surface area contributed by atoms with E-state index >= 15 is 0 Å². The van der Waals surface area contributed by atoms with Crippen molar-refractivity contribution in [2.75, 3.05) is 20.2 Å². The van der Waals surface area contributed by atoms with Crippen LogP contribution >= 0.6 is 11.6 Å². The molecule has 2 heterocycles. The predicted molar refractivity (Wildman–Crippen MR) is 77.2 cm³/mol. The molecule has 3 rings (SSSR count). The molecule has 0 radical (unpaired) electrons. The van der Waals surface area contributed by atoms with Crippen LogP contribution in [0.15, 0.2) is 30.5 Å². The number of nitrogens with zero attached hydrogens (tertiary/aromatic N) is 3. The van der Waals surface area contributed by atoms with E-state index in [1.807, 2.05) is 30.5 Å². The minimum atomic E-state index is -0.331. The van der Waals surface area contributed by atoms with Crippen molar-refractivity contribution in [3.8, 4) is 5.69 Å². The van der Waals surface area contributed by atoms with Gasteiger partial charge in [0.2, 0.25) is 0 Å². The van der Waals surface area contributed by atoms with Crippen molar-refractivity contribution in [2.24, 2.45) is 0 Å². The van der Waals surface area contributed by atoms with Crippen LogP contribution in [-0.4, -0.2) is 35.2 Å². The Bertz CT molecular complexity index is 592. The zero-order chi connectivity index (χ0) is 14.0. The third-order valence-electron chi connectivity index (χ3n) is 3.83. The van der Waals surface area contributed by atoms with Crippen LogP contribution in [0.3, 0.4) is 0 Å². The SMILES string of the molecule is COC1(c2cn(-c3cccc(Cl)c3)nn2)CCNCC1. The molecule has 2 aromatic rings. The normalized spacial score (nSPS) is 18.1. The molecule has 1 saturated heterocycles. The number of piperidine rings is 1. The molecular weight excluding hydrogens is 276 g/mol. The number of ether oxygens (including phenoxy) is 1. The second kappa shape index (κ2) is 5.52. The molecule has 20 heavy (non-hydrogen) atoms. The van der Waals surface area contributed by atoms with Crippen molar-refractivity contribution < 1.29 is 4.74 Å². The number of benzene rings is 1. The number of hydrogen-bond donors (Lipinski definition) is 1. The molecule has 0 atom stereocenters. The lowest BCUT2D eigenvalue weighted by molar-refractivity contribution is -0.0426. The van der Waals surface area contributed by atoms with Gasteiger partial charge in [0.15, 0.2) is 0 Å². The second-order valence-electron chi connectivity index (χ2n) is 4.98. The van der Waals surface area contributed by atoms with Crippen molar-refractivity contribution >= 4 is 11.6 Å². The van der Waals surface area contributed by atoms with Crippen molar-refractivity contribution in [3.05, 3.63) is 41.2 Å². The fraction of sp³-hybridized carbons (Fsp3) is 0.429. The molecule has 0 saturated carbocycles. The quantitative estimate of drug-likeness (QED) is 0.942. The molecule has 1 N–H and O–H groups in total. The number of methoxy groups -OCH3 is 1. The van der Waals surface area contributed by atoms with E-state index < -0.39 is 0 Å². The van der Waals surface area contributed by atoms with Crippen LogP contribution < -0.4 is 5.32 Å². The summed E-state index contributed by atoms with van der Waals surface area (Å²) in [6.45, 7) is 1.86. The first-order valence-electron chi connectivity index (χ1n) is 6.68. The van der Waals surface area contributed by atoms with E-state index in [1.165, 1.54) is 0 Å². The molecule has 1 aromatic carbocycles. The van der Waals surface area contributed by atoms with Crippen LogP contribution in [0.25, 0.3) is 5.69 Å². The fourth-order valence-electron chi connectivity index (χ4n) is 2.61. The van der Waals surface area contributed by atoms with Crippen LogP contribution in [0.1, 0.15) is 18.5 Å². The van der Waals surface area contributed by atoms with Gasteiger partial charge in [0.05, 0.1) is 11.9 Å². The summed E-state index contributed by atoms with van der Waals surface area (Å²) in [6, 6.07) is 7.55. The smallest absolute Gasteiger partial charge is 0.115 e. The van der Waals surface area contributed by atoms with Crippen LogP contribution in [0, 0.1) is 0 Å². The molecule has 6 heteroatoms. The highest BCUT2D eigenvalue weighted by molar-refractivity contribution is 6.30. The third kappa shape index (κ3) is 2.44. The Labute approximate surface area is 122 Å². The molecule has 1 aliphatic rings. The van der Waals surface area contributed by atoms with E-state index in [0.29, 0.717) is 5.02 Å². The Morgan fingerprint density at radius 1 is 1.35 bits per heavy atom. The summed E-state index contributed by atoms with van der Waals surface area (Å²) in [7, 11) is 1.74. The molecule has 1 aliphatic heterocycles. The lowest BCUT2D eigenvalue weighted by Crippen LogP contribution is -2.41. The topological polar surface area (TPSA) is 52.0 Å². The first-order valence-corrected chi connectivity index (χ1v) is 7.06. The van der Waals surface area contributed by atoms with Gasteiger partial charge in [-0.3, -0.25) is 0 Å². The van der Waals surface area contributed by atoms with Crippen LogP contribution in [-0.2, 0) is 10.3 Å². The average molecular weight is 293 g/mol. The van der Waals surface area contributed by atoms with E-state index in [2.05, 4.69) is 15.6 Å². The minimum Gasteiger partial charge on any atom is -0.372 e. The van der Waals surface area contributed by atoms with Gasteiger partial charge in [-0.25, -0.2) is 4.68 Å². The van der Waals surface area contributed by atoms with Gasteiger partial charge in [0.1, 0.15) is 11.3 Å². The highest BCUT2D eigenvalue weighted by Gasteiger charge is 2.36. The summed E-state index contributed by atoms with van der Waals surface area (Å²) < 4.78 is 7.50. The van der Waals surface area contributed by atoms with E-state index in [9.17, 15) is 0 Å². The maximum atomic E-state index is 6.01. The van der Waals surface area contributed by atoms with Crippen LogP contribution in [0.4, 0.5) is 0 Å². The average Bonchev–Trinajstić information content (AvgIpc) is 2.98. The minimum absolute atomic E-state index is 0.331. The van der Waals surface area contributed by atoms with Crippen molar-refractivity contribution in [3.63, 3.8) is 0 Å². The molecule has 0 unspecified atom stereocenters. The van der Waals surface area contributed by atoms with Gasteiger partial charge in [-0.1, -0.05) is 22.9 Å². The Morgan fingerprint density at radius 2 is 2.15 bits per heavy atom. The van der Waals surface area contributed by atoms with E-state index in [-0.39, 0.29) is 5.60 Å². The van der Waals surface area contributed by atoms with Crippen molar-refractivity contribution in [1.82, 2.24) is 20.3 Å². The Morgan fingerprint density at radius 3 is 2.85 bits per heavy atom. The van der Waals surface area contributed by atoms with Gasteiger partial charge in [-0.15, -0.1) is 5.10 Å². The maximum absolute atomic E-state index is 6.01. The lowest BCUT2D eigenvalue weighted by Gasteiger charge is -2.34. The van der Waals surface area contributed by atoms with Crippen molar-refractivity contribution in [2.45, 2.75) is 18.4 Å². The second-order valence-corrected chi connectivity index (χ2v) is 5.41. The Hall–Kier alpha value is -1.43. The fourth-order valence-corrected chi connectivity index (χ4v) is 2.80. The van der Waals surface area contributed by atoms with E-state index in [1.54, 1.807) is 11.8 Å². The molecule has 5 nitrogen and oxygen atoms in total. The highest BCUT2D eigenvalue weighted by atomic mass is 35.5. The molecule has 1 aromatic heterocycles. The zero-order valence-corrected chi connectivity index (χ0v) is 12.1. The number of nitrogens with one attached hydrogen (secondary N) is 1. The highest BCUT2D eigenvalue weighted by Crippen LogP contribution is 2.32. The number of aromatic nitrogens is 3. The molecule has 0 bridgehead atoms. The van der Waals surface area contributed by atoms with Gasteiger partial charge < -0.3 is 10.1 Å². The van der Waals surface area contributed by atoms with Crippen LogP contribution in [0.2, 0.25) is 5.02 Å². The van der Waals surface area contributed by atoms with E-state index in [4.69, 9.17) is 16.3 Å².